The smallest absolute Gasteiger partial charge is 0.231 e. The van der Waals surface area contributed by atoms with Gasteiger partial charge in [-0.2, -0.15) is 0 Å². The maximum atomic E-state index is 12.5. The number of ether oxygens (including phenoxy) is 3. The molecular formula is C18H15N3O4S. The summed E-state index contributed by atoms with van der Waals surface area (Å²) in [4.78, 5) is 12.5. The lowest BCUT2D eigenvalue weighted by atomic mass is 10.1. The lowest BCUT2D eigenvalue weighted by Crippen LogP contribution is -2.04. The van der Waals surface area contributed by atoms with E-state index < -0.39 is 0 Å². The summed E-state index contributed by atoms with van der Waals surface area (Å²) in [6, 6.07) is 12.8. The fourth-order valence-electron chi connectivity index (χ4n) is 2.60. The van der Waals surface area contributed by atoms with Crippen molar-refractivity contribution in [1.82, 2.24) is 14.8 Å². The third kappa shape index (κ3) is 3.11. The Morgan fingerprint density at radius 3 is 2.96 bits per heavy atom. The number of para-hydroxylation sites is 2. The van der Waals surface area contributed by atoms with Crippen molar-refractivity contribution in [3.63, 3.8) is 0 Å². The molecule has 0 fully saturated rings. The first-order chi connectivity index (χ1) is 12.8. The summed E-state index contributed by atoms with van der Waals surface area (Å²) in [6.45, 7) is 0.184. The van der Waals surface area contributed by atoms with Crippen LogP contribution in [0.25, 0.3) is 5.69 Å². The van der Waals surface area contributed by atoms with Gasteiger partial charge in [0.1, 0.15) is 12.1 Å². The second-order valence-electron chi connectivity index (χ2n) is 5.44. The lowest BCUT2D eigenvalue weighted by Gasteiger charge is -2.10. The number of aromatic nitrogens is 3. The van der Waals surface area contributed by atoms with Gasteiger partial charge in [-0.1, -0.05) is 23.9 Å². The van der Waals surface area contributed by atoms with E-state index in [1.165, 1.54) is 11.8 Å². The van der Waals surface area contributed by atoms with Crippen LogP contribution in [0, 0.1) is 0 Å². The van der Waals surface area contributed by atoms with Crippen molar-refractivity contribution >= 4 is 17.5 Å². The second kappa shape index (κ2) is 7.09. The minimum absolute atomic E-state index is 0.0251. The van der Waals surface area contributed by atoms with Crippen LogP contribution in [-0.4, -0.2) is 40.2 Å². The van der Waals surface area contributed by atoms with Crippen LogP contribution in [0.15, 0.2) is 53.9 Å². The summed E-state index contributed by atoms with van der Waals surface area (Å²) < 4.78 is 17.8. The zero-order valence-corrected chi connectivity index (χ0v) is 14.7. The zero-order valence-electron chi connectivity index (χ0n) is 13.9. The van der Waals surface area contributed by atoms with Crippen molar-refractivity contribution in [2.24, 2.45) is 0 Å². The van der Waals surface area contributed by atoms with E-state index in [1.54, 1.807) is 36.2 Å². The lowest BCUT2D eigenvalue weighted by molar-refractivity contribution is 0.102. The van der Waals surface area contributed by atoms with Crippen molar-refractivity contribution in [2.45, 2.75) is 5.16 Å². The average molecular weight is 369 g/mol. The van der Waals surface area contributed by atoms with E-state index in [1.807, 2.05) is 24.3 Å². The molecule has 0 bridgehead atoms. The van der Waals surface area contributed by atoms with Crippen molar-refractivity contribution < 1.29 is 19.0 Å². The molecule has 1 aliphatic heterocycles. The first-order valence-electron chi connectivity index (χ1n) is 7.85. The number of thioether (sulfide) groups is 1. The Bertz CT molecular complexity index is 957. The Balaban J connectivity index is 1.51. The van der Waals surface area contributed by atoms with Crippen molar-refractivity contribution in [2.75, 3.05) is 19.7 Å². The topological polar surface area (TPSA) is 75.5 Å². The minimum Gasteiger partial charge on any atom is -0.495 e. The van der Waals surface area contributed by atoms with E-state index in [0.29, 0.717) is 28.0 Å². The van der Waals surface area contributed by atoms with Gasteiger partial charge in [0.2, 0.25) is 6.79 Å². The highest BCUT2D eigenvalue weighted by Crippen LogP contribution is 2.33. The van der Waals surface area contributed by atoms with Gasteiger partial charge >= 0.3 is 0 Å². The molecule has 0 N–H and O–H groups in total. The van der Waals surface area contributed by atoms with Gasteiger partial charge < -0.3 is 14.2 Å². The summed E-state index contributed by atoms with van der Waals surface area (Å²) in [5, 5.41) is 8.69. The van der Waals surface area contributed by atoms with Crippen molar-refractivity contribution in [3.05, 3.63) is 54.4 Å². The number of carbonyl (C=O) groups excluding carboxylic acids is 1. The van der Waals surface area contributed by atoms with Gasteiger partial charge in [0, 0.05) is 5.56 Å². The fraction of sp³-hybridized carbons (Fsp3) is 0.167. The number of benzene rings is 2. The summed E-state index contributed by atoms with van der Waals surface area (Å²) in [5.74, 6) is 2.16. The van der Waals surface area contributed by atoms with Gasteiger partial charge in [-0.3, -0.25) is 9.36 Å². The fourth-order valence-corrected chi connectivity index (χ4v) is 3.42. The highest BCUT2D eigenvalue weighted by atomic mass is 32.2. The molecule has 0 radical (unpaired) electrons. The summed E-state index contributed by atoms with van der Waals surface area (Å²) >= 11 is 1.32. The first kappa shape index (κ1) is 16.5. The van der Waals surface area contributed by atoms with Crippen LogP contribution >= 0.6 is 11.8 Å². The number of ketones is 1. The average Bonchev–Trinajstić information content (AvgIpc) is 3.34. The van der Waals surface area contributed by atoms with Crippen LogP contribution in [0.3, 0.4) is 0 Å². The number of methoxy groups -OCH3 is 1. The molecule has 0 amide bonds. The third-order valence-electron chi connectivity index (χ3n) is 3.89. The quantitative estimate of drug-likeness (QED) is 0.488. The monoisotopic (exact) mass is 369 g/mol. The number of hydrogen-bond donors (Lipinski definition) is 0. The van der Waals surface area contributed by atoms with E-state index in [-0.39, 0.29) is 18.3 Å². The van der Waals surface area contributed by atoms with Crippen LogP contribution in [0.4, 0.5) is 0 Å². The van der Waals surface area contributed by atoms with E-state index in [2.05, 4.69) is 10.2 Å². The molecule has 2 aromatic carbocycles. The van der Waals surface area contributed by atoms with Crippen LogP contribution in [0.5, 0.6) is 17.2 Å². The van der Waals surface area contributed by atoms with Crippen molar-refractivity contribution in [1.29, 1.82) is 0 Å². The highest BCUT2D eigenvalue weighted by molar-refractivity contribution is 7.99. The first-order valence-corrected chi connectivity index (χ1v) is 8.84. The molecule has 7 nitrogen and oxygen atoms in total. The molecule has 1 aliphatic rings. The largest absolute Gasteiger partial charge is 0.495 e. The Hall–Kier alpha value is -3.00. The Labute approximate surface area is 153 Å². The van der Waals surface area contributed by atoms with Gasteiger partial charge in [-0.05, 0) is 30.3 Å². The predicted octanol–water partition coefficient (Wildman–Crippen LogP) is 2.98. The van der Waals surface area contributed by atoms with E-state index in [0.717, 1.165) is 5.69 Å². The molecule has 0 saturated heterocycles. The van der Waals surface area contributed by atoms with Crippen LogP contribution in [0.1, 0.15) is 10.4 Å². The summed E-state index contributed by atoms with van der Waals surface area (Å²) in [5.41, 5.74) is 1.39. The van der Waals surface area contributed by atoms with Gasteiger partial charge in [-0.25, -0.2) is 0 Å². The number of fused-ring (bicyclic) bond motifs is 1. The van der Waals surface area contributed by atoms with Crippen molar-refractivity contribution in [3.8, 4) is 22.9 Å². The van der Waals surface area contributed by atoms with E-state index in [9.17, 15) is 4.79 Å². The molecule has 0 atom stereocenters. The maximum Gasteiger partial charge on any atom is 0.231 e. The Kier molecular flexibility index (Phi) is 4.49. The van der Waals surface area contributed by atoms with E-state index in [4.69, 9.17) is 14.2 Å². The normalized spacial score (nSPS) is 12.2. The summed E-state index contributed by atoms with van der Waals surface area (Å²) in [7, 11) is 1.61. The SMILES string of the molecule is COc1ccccc1-n1cnnc1SCC(=O)c1ccc2c(c1)OCO2. The molecule has 8 heteroatoms. The highest BCUT2D eigenvalue weighted by Gasteiger charge is 2.18. The summed E-state index contributed by atoms with van der Waals surface area (Å²) in [6.07, 6.45) is 1.60. The molecule has 1 aromatic heterocycles. The van der Waals surface area contributed by atoms with Crippen LogP contribution < -0.4 is 14.2 Å². The molecule has 0 aliphatic carbocycles. The molecule has 0 saturated carbocycles. The minimum atomic E-state index is -0.0251. The number of hydrogen-bond acceptors (Lipinski definition) is 7. The van der Waals surface area contributed by atoms with Crippen LogP contribution in [0.2, 0.25) is 0 Å². The number of nitrogens with zero attached hydrogens (tertiary/aromatic N) is 3. The second-order valence-corrected chi connectivity index (χ2v) is 6.38. The van der Waals surface area contributed by atoms with Gasteiger partial charge in [0.25, 0.3) is 0 Å². The molecular weight excluding hydrogens is 354 g/mol. The van der Waals surface area contributed by atoms with Gasteiger partial charge in [0.15, 0.2) is 22.4 Å². The van der Waals surface area contributed by atoms with Crippen LogP contribution in [-0.2, 0) is 0 Å². The molecule has 132 valence electrons. The predicted molar refractivity (Wildman–Crippen MR) is 95.5 cm³/mol. The number of rotatable bonds is 6. The molecule has 0 unspecified atom stereocenters. The molecule has 3 aromatic rings. The molecule has 4 rings (SSSR count). The van der Waals surface area contributed by atoms with E-state index >= 15 is 0 Å². The Morgan fingerprint density at radius 2 is 2.08 bits per heavy atom. The number of Topliss-reactive ketones (excluding diaryl/α,β-unsaturated/α-hetero) is 1. The zero-order chi connectivity index (χ0) is 17.9. The molecule has 26 heavy (non-hydrogen) atoms. The van der Waals surface area contributed by atoms with Gasteiger partial charge in [-0.15, -0.1) is 10.2 Å². The number of carbonyl (C=O) groups is 1. The maximum absolute atomic E-state index is 12.5. The molecule has 2 heterocycles. The van der Waals surface area contributed by atoms with Gasteiger partial charge in [0.05, 0.1) is 18.6 Å². The Morgan fingerprint density at radius 1 is 1.23 bits per heavy atom. The standard InChI is InChI=1S/C18H15N3O4S/c1-23-15-5-3-2-4-13(15)21-10-19-20-18(21)26-9-14(22)12-6-7-16-17(8-12)25-11-24-16/h2-8,10H,9,11H2,1H3. The third-order valence-corrected chi connectivity index (χ3v) is 4.83. The molecule has 0 spiro atoms.